The van der Waals surface area contributed by atoms with E-state index in [0.29, 0.717) is 13.2 Å². The van der Waals surface area contributed by atoms with Gasteiger partial charge in [-0.05, 0) is 39.2 Å². The van der Waals surface area contributed by atoms with E-state index in [1.165, 1.54) is 0 Å². The number of ether oxygens (including phenoxy) is 1. The normalized spacial score (nSPS) is 10.3. The fourth-order valence-electron chi connectivity index (χ4n) is 1.73. The molecule has 0 radical (unpaired) electrons. The van der Waals surface area contributed by atoms with Crippen molar-refractivity contribution in [2.45, 2.75) is 12.8 Å². The van der Waals surface area contributed by atoms with Crippen LogP contribution in [0.15, 0.2) is 30.3 Å². The van der Waals surface area contributed by atoms with Gasteiger partial charge < -0.3 is 20.3 Å². The molecule has 6 heteroatoms. The highest BCUT2D eigenvalue weighted by Crippen LogP contribution is 2.08. The van der Waals surface area contributed by atoms with Crippen molar-refractivity contribution >= 4 is 11.8 Å². The Morgan fingerprint density at radius 2 is 1.82 bits per heavy atom. The fraction of sp³-hybridized carbons (Fsp3) is 0.500. The van der Waals surface area contributed by atoms with Gasteiger partial charge in [0, 0.05) is 6.54 Å². The van der Waals surface area contributed by atoms with Gasteiger partial charge in [0.2, 0.25) is 11.8 Å². The van der Waals surface area contributed by atoms with E-state index in [0.717, 1.165) is 18.7 Å². The van der Waals surface area contributed by atoms with Gasteiger partial charge in [-0.15, -0.1) is 0 Å². The van der Waals surface area contributed by atoms with E-state index in [1.54, 1.807) is 0 Å². The summed E-state index contributed by atoms with van der Waals surface area (Å²) in [5.74, 6) is 0.365. The van der Waals surface area contributed by atoms with Gasteiger partial charge in [0.15, 0.2) is 0 Å². The average molecular weight is 307 g/mol. The molecule has 0 aliphatic heterocycles. The van der Waals surface area contributed by atoms with Crippen molar-refractivity contribution in [2.75, 3.05) is 40.3 Å². The second-order valence-corrected chi connectivity index (χ2v) is 5.20. The maximum atomic E-state index is 11.6. The van der Waals surface area contributed by atoms with Crippen LogP contribution in [0.1, 0.15) is 12.8 Å². The Morgan fingerprint density at radius 1 is 1.09 bits per heavy atom. The average Bonchev–Trinajstić information content (AvgIpc) is 2.50. The summed E-state index contributed by atoms with van der Waals surface area (Å²) in [6.07, 6.45) is 1.11. The molecule has 1 aromatic carbocycles. The van der Waals surface area contributed by atoms with Gasteiger partial charge in [-0.2, -0.15) is 0 Å². The summed E-state index contributed by atoms with van der Waals surface area (Å²) < 4.78 is 5.42. The Morgan fingerprint density at radius 3 is 2.50 bits per heavy atom. The third-order valence-corrected chi connectivity index (χ3v) is 2.89. The number of carbonyl (C=O) groups is 2. The van der Waals surface area contributed by atoms with E-state index >= 15 is 0 Å². The molecule has 0 heterocycles. The zero-order valence-electron chi connectivity index (χ0n) is 13.3. The van der Waals surface area contributed by atoms with E-state index < -0.39 is 0 Å². The molecule has 1 rings (SSSR count). The summed E-state index contributed by atoms with van der Waals surface area (Å²) in [4.78, 5) is 25.2. The zero-order chi connectivity index (χ0) is 16.2. The summed E-state index contributed by atoms with van der Waals surface area (Å²) in [5.41, 5.74) is 0. The number of amides is 2. The molecule has 0 aliphatic carbocycles. The van der Waals surface area contributed by atoms with Gasteiger partial charge in [0.1, 0.15) is 5.75 Å². The number of hydrogen-bond acceptors (Lipinski definition) is 4. The highest BCUT2D eigenvalue weighted by Gasteiger charge is 2.05. The number of rotatable bonds is 10. The second-order valence-electron chi connectivity index (χ2n) is 5.20. The molecule has 0 saturated carbocycles. The van der Waals surface area contributed by atoms with Crippen molar-refractivity contribution in [3.8, 4) is 5.75 Å². The van der Waals surface area contributed by atoms with Gasteiger partial charge >= 0.3 is 0 Å². The fourth-order valence-corrected chi connectivity index (χ4v) is 1.73. The Hall–Kier alpha value is -2.08. The van der Waals surface area contributed by atoms with E-state index in [-0.39, 0.29) is 24.8 Å². The van der Waals surface area contributed by atoms with Crippen LogP contribution in [-0.4, -0.2) is 57.1 Å². The van der Waals surface area contributed by atoms with E-state index in [4.69, 9.17) is 4.74 Å². The Kier molecular flexibility index (Phi) is 8.67. The maximum absolute atomic E-state index is 11.6. The lowest BCUT2D eigenvalue weighted by molar-refractivity contribution is -0.126. The number of carbonyl (C=O) groups excluding carboxylic acids is 2. The molecule has 122 valence electrons. The van der Waals surface area contributed by atoms with Crippen LogP contribution < -0.4 is 15.4 Å². The van der Waals surface area contributed by atoms with E-state index in [2.05, 4.69) is 15.5 Å². The molecule has 2 N–H and O–H groups in total. The summed E-state index contributed by atoms with van der Waals surface area (Å²) >= 11 is 0. The smallest absolute Gasteiger partial charge is 0.239 e. The summed E-state index contributed by atoms with van der Waals surface area (Å²) in [6, 6.07) is 9.31. The Labute approximate surface area is 131 Å². The lowest BCUT2D eigenvalue weighted by Gasteiger charge is -2.10. The first-order valence-electron chi connectivity index (χ1n) is 7.44. The molecule has 6 nitrogen and oxygen atoms in total. The summed E-state index contributed by atoms with van der Waals surface area (Å²) in [5, 5.41) is 5.34. The van der Waals surface area contributed by atoms with Crippen molar-refractivity contribution in [1.29, 1.82) is 0 Å². The lowest BCUT2D eigenvalue weighted by Crippen LogP contribution is -2.38. The number of hydrogen-bond donors (Lipinski definition) is 2. The molecule has 0 bridgehead atoms. The SMILES string of the molecule is CN(C)CCCNC(=O)CNC(=O)CCOc1ccccc1. The van der Waals surface area contributed by atoms with Crippen LogP contribution in [-0.2, 0) is 9.59 Å². The molecule has 2 amide bonds. The van der Waals surface area contributed by atoms with Crippen LogP contribution in [0.3, 0.4) is 0 Å². The number of nitrogens with zero attached hydrogens (tertiary/aromatic N) is 1. The topological polar surface area (TPSA) is 70.7 Å². The van der Waals surface area contributed by atoms with Crippen LogP contribution in [0.25, 0.3) is 0 Å². The molecule has 0 fully saturated rings. The number of para-hydroxylation sites is 1. The van der Waals surface area contributed by atoms with Crippen LogP contribution in [0.5, 0.6) is 5.75 Å². The van der Waals surface area contributed by atoms with Crippen LogP contribution >= 0.6 is 0 Å². The quantitative estimate of drug-likeness (QED) is 0.622. The molecule has 0 aromatic heterocycles. The Bertz CT molecular complexity index is 449. The molecule has 1 aromatic rings. The summed E-state index contributed by atoms with van der Waals surface area (Å²) in [6.45, 7) is 1.83. The van der Waals surface area contributed by atoms with Crippen LogP contribution in [0.4, 0.5) is 0 Å². The molecule has 0 spiro atoms. The van der Waals surface area contributed by atoms with Crippen molar-refractivity contribution in [3.05, 3.63) is 30.3 Å². The van der Waals surface area contributed by atoms with Crippen LogP contribution in [0, 0.1) is 0 Å². The highest BCUT2D eigenvalue weighted by molar-refractivity contribution is 5.84. The predicted octanol–water partition coefficient (Wildman–Crippen LogP) is 0.640. The van der Waals surface area contributed by atoms with E-state index in [1.807, 2.05) is 44.4 Å². The number of nitrogens with one attached hydrogen (secondary N) is 2. The first-order valence-corrected chi connectivity index (χ1v) is 7.44. The van der Waals surface area contributed by atoms with Crippen molar-refractivity contribution in [2.24, 2.45) is 0 Å². The van der Waals surface area contributed by atoms with Crippen LogP contribution in [0.2, 0.25) is 0 Å². The van der Waals surface area contributed by atoms with Crippen molar-refractivity contribution in [1.82, 2.24) is 15.5 Å². The minimum atomic E-state index is -0.195. The van der Waals surface area contributed by atoms with Gasteiger partial charge in [0.25, 0.3) is 0 Å². The van der Waals surface area contributed by atoms with Crippen molar-refractivity contribution in [3.63, 3.8) is 0 Å². The molecule has 22 heavy (non-hydrogen) atoms. The molecule has 0 unspecified atom stereocenters. The largest absolute Gasteiger partial charge is 0.493 e. The molecular formula is C16H25N3O3. The first kappa shape index (κ1) is 18.0. The maximum Gasteiger partial charge on any atom is 0.239 e. The monoisotopic (exact) mass is 307 g/mol. The molecular weight excluding hydrogens is 282 g/mol. The summed E-state index contributed by atoms with van der Waals surface area (Å²) in [7, 11) is 3.97. The second kappa shape index (κ2) is 10.6. The number of benzene rings is 1. The highest BCUT2D eigenvalue weighted by atomic mass is 16.5. The van der Waals surface area contributed by atoms with Gasteiger partial charge in [-0.1, -0.05) is 18.2 Å². The predicted molar refractivity (Wildman–Crippen MR) is 85.7 cm³/mol. The first-order chi connectivity index (χ1) is 10.6. The van der Waals surface area contributed by atoms with Gasteiger partial charge in [0.05, 0.1) is 19.6 Å². The third kappa shape index (κ3) is 8.97. The molecule has 0 atom stereocenters. The van der Waals surface area contributed by atoms with Gasteiger partial charge in [-0.25, -0.2) is 0 Å². The van der Waals surface area contributed by atoms with Gasteiger partial charge in [-0.3, -0.25) is 9.59 Å². The minimum Gasteiger partial charge on any atom is -0.493 e. The third-order valence-electron chi connectivity index (χ3n) is 2.89. The molecule has 0 aliphatic rings. The standard InChI is InChI=1S/C16H25N3O3/c1-19(2)11-6-10-17-16(21)13-18-15(20)9-12-22-14-7-4-3-5-8-14/h3-5,7-8H,6,9-13H2,1-2H3,(H,17,21)(H,18,20). The van der Waals surface area contributed by atoms with Crippen molar-refractivity contribution < 1.29 is 14.3 Å². The van der Waals surface area contributed by atoms with E-state index in [9.17, 15) is 9.59 Å². The lowest BCUT2D eigenvalue weighted by atomic mass is 10.3. The zero-order valence-corrected chi connectivity index (χ0v) is 13.3. The minimum absolute atomic E-state index is 0.00609. The Balaban J connectivity index is 2.04. The molecule has 0 saturated heterocycles.